The summed E-state index contributed by atoms with van der Waals surface area (Å²) in [7, 11) is 0. The molecule has 3 rings (SSSR count). The zero-order chi connectivity index (χ0) is 24.9. The molecule has 2 aromatic carbocycles. The Bertz CT molecular complexity index is 1120. The van der Waals surface area contributed by atoms with Crippen LogP contribution in [0.3, 0.4) is 0 Å². The van der Waals surface area contributed by atoms with E-state index in [4.69, 9.17) is 16.3 Å². The predicted molar refractivity (Wildman–Crippen MR) is 146 cm³/mol. The van der Waals surface area contributed by atoms with Crippen LogP contribution in [-0.4, -0.2) is 18.1 Å². The average Bonchev–Trinajstić information content (AvgIpc) is 3.21. The average molecular weight is 513 g/mol. The lowest BCUT2D eigenvalue weighted by Gasteiger charge is -2.04. The van der Waals surface area contributed by atoms with Crippen LogP contribution in [0.1, 0.15) is 86.4 Å². The maximum Gasteiger partial charge on any atom is 0.355 e. The molecule has 1 aromatic heterocycles. The number of carbonyl (C=O) groups is 2. The van der Waals surface area contributed by atoms with E-state index in [1.54, 1.807) is 30.5 Å². The molecule has 1 N–H and O–H groups in total. The number of ether oxygens (including phenoxy) is 1. The summed E-state index contributed by atoms with van der Waals surface area (Å²) in [6, 6.07) is 14.5. The number of hydrogen-bond acceptors (Lipinski definition) is 5. The molecule has 0 spiro atoms. The van der Waals surface area contributed by atoms with E-state index < -0.39 is 5.97 Å². The van der Waals surface area contributed by atoms with Crippen molar-refractivity contribution in [3.8, 4) is 5.75 Å². The zero-order valence-electron chi connectivity index (χ0n) is 20.2. The van der Waals surface area contributed by atoms with Gasteiger partial charge in [0, 0.05) is 16.5 Å². The Kier molecular flexibility index (Phi) is 11.3. The quantitative estimate of drug-likeness (QED) is 0.0778. The van der Waals surface area contributed by atoms with Crippen LogP contribution in [0.25, 0.3) is 10.1 Å². The summed E-state index contributed by atoms with van der Waals surface area (Å²) >= 11 is 7.67. The van der Waals surface area contributed by atoms with Gasteiger partial charge in [-0.1, -0.05) is 88.1 Å². The van der Waals surface area contributed by atoms with Crippen molar-refractivity contribution in [1.82, 2.24) is 5.43 Å². The Balaban J connectivity index is 1.36. The molecular weight excluding hydrogens is 480 g/mol. The van der Waals surface area contributed by atoms with E-state index in [-0.39, 0.29) is 5.91 Å². The third-order valence-corrected chi connectivity index (χ3v) is 7.38. The molecule has 1 heterocycles. The third kappa shape index (κ3) is 8.79. The Hall–Kier alpha value is -2.70. The number of amides is 1. The number of esters is 1. The summed E-state index contributed by atoms with van der Waals surface area (Å²) in [6.45, 7) is 2.23. The molecule has 0 aliphatic carbocycles. The maximum atomic E-state index is 12.6. The lowest BCUT2D eigenvalue weighted by molar-refractivity contribution is -0.121. The van der Waals surface area contributed by atoms with Crippen molar-refractivity contribution in [3.05, 3.63) is 64.0 Å². The second-order valence-electron chi connectivity index (χ2n) is 8.57. The van der Waals surface area contributed by atoms with Crippen LogP contribution in [0, 0.1) is 0 Å². The number of thiophene rings is 1. The van der Waals surface area contributed by atoms with Gasteiger partial charge < -0.3 is 4.74 Å². The molecule has 1 amide bonds. The summed E-state index contributed by atoms with van der Waals surface area (Å²) in [5.41, 5.74) is 3.36. The maximum absolute atomic E-state index is 12.6. The molecule has 0 aliphatic rings. The van der Waals surface area contributed by atoms with Crippen molar-refractivity contribution in [3.63, 3.8) is 0 Å². The largest absolute Gasteiger partial charge is 0.422 e. The molecular formula is C28H33ClN2O3S. The van der Waals surface area contributed by atoms with Gasteiger partial charge >= 0.3 is 5.97 Å². The van der Waals surface area contributed by atoms with Crippen molar-refractivity contribution >= 4 is 51.1 Å². The van der Waals surface area contributed by atoms with Gasteiger partial charge in [0.2, 0.25) is 5.91 Å². The molecule has 35 heavy (non-hydrogen) atoms. The number of fused-ring (bicyclic) bond motifs is 1. The van der Waals surface area contributed by atoms with E-state index in [0.29, 0.717) is 22.1 Å². The second-order valence-corrected chi connectivity index (χ2v) is 10.0. The van der Waals surface area contributed by atoms with Gasteiger partial charge in [0.25, 0.3) is 0 Å². The van der Waals surface area contributed by atoms with Crippen molar-refractivity contribution in [2.75, 3.05) is 0 Å². The number of hydrazone groups is 1. The summed E-state index contributed by atoms with van der Waals surface area (Å²) < 4.78 is 6.42. The molecule has 3 aromatic rings. The van der Waals surface area contributed by atoms with Gasteiger partial charge in [0.15, 0.2) is 0 Å². The van der Waals surface area contributed by atoms with E-state index in [9.17, 15) is 9.59 Å². The van der Waals surface area contributed by atoms with E-state index in [0.717, 1.165) is 28.5 Å². The van der Waals surface area contributed by atoms with E-state index in [1.807, 2.05) is 24.3 Å². The van der Waals surface area contributed by atoms with Gasteiger partial charge in [-0.15, -0.1) is 11.3 Å². The number of unbranched alkanes of at least 4 members (excludes halogenated alkanes) is 8. The van der Waals surface area contributed by atoms with Crippen LogP contribution < -0.4 is 10.2 Å². The molecule has 0 aliphatic heterocycles. The highest BCUT2D eigenvalue weighted by Crippen LogP contribution is 2.35. The number of nitrogens with zero attached hydrogens (tertiary/aromatic N) is 1. The minimum absolute atomic E-state index is 0.0741. The fourth-order valence-corrected chi connectivity index (χ4v) is 5.14. The fourth-order valence-electron chi connectivity index (χ4n) is 3.75. The van der Waals surface area contributed by atoms with Gasteiger partial charge in [0.05, 0.1) is 11.2 Å². The van der Waals surface area contributed by atoms with Crippen LogP contribution in [0.2, 0.25) is 5.02 Å². The standard InChI is InChI=1S/C28H33ClN2O3S/c1-2-3-4-5-6-7-8-9-10-15-25(32)31-30-20-21-16-18-22(19-17-21)34-28(33)27-26(29)23-13-11-12-14-24(23)35-27/h11-14,16-20H,2-10,15H2,1H3,(H,31,32). The smallest absolute Gasteiger partial charge is 0.355 e. The van der Waals surface area contributed by atoms with Gasteiger partial charge in [-0.25, -0.2) is 10.2 Å². The van der Waals surface area contributed by atoms with Crippen LogP contribution in [-0.2, 0) is 4.79 Å². The van der Waals surface area contributed by atoms with Crippen molar-refractivity contribution in [2.45, 2.75) is 71.1 Å². The third-order valence-electron chi connectivity index (χ3n) is 5.72. The second kappa shape index (κ2) is 14.6. The highest BCUT2D eigenvalue weighted by atomic mass is 35.5. The Labute approximate surface area is 216 Å². The molecule has 0 saturated carbocycles. The molecule has 0 fully saturated rings. The molecule has 0 saturated heterocycles. The number of halogens is 1. The van der Waals surface area contributed by atoms with Gasteiger partial charge in [-0.3, -0.25) is 4.79 Å². The molecule has 0 radical (unpaired) electrons. The van der Waals surface area contributed by atoms with E-state index >= 15 is 0 Å². The summed E-state index contributed by atoms with van der Waals surface area (Å²) in [4.78, 5) is 24.9. The molecule has 0 bridgehead atoms. The van der Waals surface area contributed by atoms with E-state index in [1.165, 1.54) is 56.3 Å². The fraction of sp³-hybridized carbons (Fsp3) is 0.393. The van der Waals surface area contributed by atoms with Crippen molar-refractivity contribution in [1.29, 1.82) is 0 Å². The van der Waals surface area contributed by atoms with Crippen LogP contribution in [0.4, 0.5) is 0 Å². The number of hydrogen-bond donors (Lipinski definition) is 1. The molecule has 0 atom stereocenters. The first kappa shape index (κ1) is 26.9. The first-order chi connectivity index (χ1) is 17.1. The minimum atomic E-state index is -0.485. The monoisotopic (exact) mass is 512 g/mol. The van der Waals surface area contributed by atoms with Crippen LogP contribution >= 0.6 is 22.9 Å². The van der Waals surface area contributed by atoms with E-state index in [2.05, 4.69) is 17.5 Å². The van der Waals surface area contributed by atoms with Gasteiger partial charge in [0.1, 0.15) is 10.6 Å². The Morgan fingerprint density at radius 3 is 2.29 bits per heavy atom. The summed E-state index contributed by atoms with van der Waals surface area (Å²) in [6.07, 6.45) is 13.1. The zero-order valence-corrected chi connectivity index (χ0v) is 21.8. The SMILES string of the molecule is CCCCCCCCCCCC(=O)NN=Cc1ccc(OC(=O)c2sc3ccccc3c2Cl)cc1. The molecule has 7 heteroatoms. The van der Waals surface area contributed by atoms with Crippen molar-refractivity contribution < 1.29 is 14.3 Å². The highest BCUT2D eigenvalue weighted by Gasteiger charge is 2.18. The molecule has 5 nitrogen and oxygen atoms in total. The molecule has 186 valence electrons. The number of carbonyl (C=O) groups excluding carboxylic acids is 2. The summed E-state index contributed by atoms with van der Waals surface area (Å²) in [5.74, 6) is -0.147. The number of benzene rings is 2. The van der Waals surface area contributed by atoms with Gasteiger partial charge in [-0.2, -0.15) is 5.10 Å². The topological polar surface area (TPSA) is 67.8 Å². The first-order valence-electron chi connectivity index (χ1n) is 12.4. The predicted octanol–water partition coefficient (Wildman–Crippen LogP) is 8.14. The first-order valence-corrected chi connectivity index (χ1v) is 13.6. The lowest BCUT2D eigenvalue weighted by Crippen LogP contribution is -2.16. The highest BCUT2D eigenvalue weighted by molar-refractivity contribution is 7.21. The Morgan fingerprint density at radius 1 is 0.943 bits per heavy atom. The van der Waals surface area contributed by atoms with Gasteiger partial charge in [-0.05, 0) is 42.3 Å². The van der Waals surface area contributed by atoms with Crippen LogP contribution in [0.15, 0.2) is 53.6 Å². The minimum Gasteiger partial charge on any atom is -0.422 e. The number of rotatable bonds is 14. The number of nitrogens with one attached hydrogen (secondary N) is 1. The van der Waals surface area contributed by atoms with Crippen molar-refractivity contribution in [2.24, 2.45) is 5.10 Å². The normalized spacial score (nSPS) is 11.3. The Morgan fingerprint density at radius 2 is 1.60 bits per heavy atom. The molecule has 0 unspecified atom stereocenters. The summed E-state index contributed by atoms with van der Waals surface area (Å²) in [5, 5.41) is 5.28. The van der Waals surface area contributed by atoms with Crippen LogP contribution in [0.5, 0.6) is 5.75 Å². The lowest BCUT2D eigenvalue weighted by atomic mass is 10.1.